The van der Waals surface area contributed by atoms with E-state index in [9.17, 15) is 4.79 Å². The van der Waals surface area contributed by atoms with Gasteiger partial charge in [-0.2, -0.15) is 0 Å². The van der Waals surface area contributed by atoms with E-state index >= 15 is 0 Å². The second kappa shape index (κ2) is 7.27. The number of hydrogen-bond acceptors (Lipinski definition) is 4. The largest absolute Gasteiger partial charge is 0.360 e. The molecule has 1 fully saturated rings. The van der Waals surface area contributed by atoms with Crippen LogP contribution in [0.2, 0.25) is 0 Å². The molecule has 1 N–H and O–H groups in total. The van der Waals surface area contributed by atoms with E-state index in [1.807, 2.05) is 44.3 Å². The fourth-order valence-electron chi connectivity index (χ4n) is 3.90. The number of aromatic nitrogens is 4. The van der Waals surface area contributed by atoms with Gasteiger partial charge in [-0.1, -0.05) is 49.2 Å². The maximum absolute atomic E-state index is 13.0. The third kappa shape index (κ3) is 3.18. The van der Waals surface area contributed by atoms with Crippen LogP contribution >= 0.6 is 11.8 Å². The maximum Gasteiger partial charge on any atom is 0.192 e. The predicted molar refractivity (Wildman–Crippen MR) is 105 cm³/mol. The Balaban J connectivity index is 1.56. The van der Waals surface area contributed by atoms with Crippen molar-refractivity contribution in [2.45, 2.75) is 62.4 Å². The molecule has 1 aliphatic rings. The summed E-state index contributed by atoms with van der Waals surface area (Å²) in [6.07, 6.45) is 8.01. The number of H-pyrrole nitrogens is 1. The third-order valence-electron chi connectivity index (χ3n) is 5.28. The average molecular weight is 369 g/mol. The summed E-state index contributed by atoms with van der Waals surface area (Å²) in [4.78, 5) is 16.2. The van der Waals surface area contributed by atoms with Gasteiger partial charge in [0.15, 0.2) is 10.9 Å². The lowest BCUT2D eigenvalue weighted by Gasteiger charge is -2.25. The summed E-state index contributed by atoms with van der Waals surface area (Å²) in [5.74, 6) is 1.08. The molecule has 0 bridgehead atoms. The van der Waals surface area contributed by atoms with E-state index in [0.717, 1.165) is 27.4 Å². The Kier molecular flexibility index (Phi) is 4.85. The van der Waals surface area contributed by atoms with Crippen molar-refractivity contribution in [2.24, 2.45) is 0 Å². The van der Waals surface area contributed by atoms with E-state index in [-0.39, 0.29) is 11.0 Å². The molecule has 0 amide bonds. The number of aryl methyl sites for hydroxylation is 1. The topological polar surface area (TPSA) is 63.6 Å². The molecule has 0 unspecified atom stereocenters. The summed E-state index contributed by atoms with van der Waals surface area (Å²) in [6.45, 7) is 3.97. The van der Waals surface area contributed by atoms with Crippen molar-refractivity contribution in [2.75, 3.05) is 0 Å². The number of benzene rings is 1. The van der Waals surface area contributed by atoms with Crippen molar-refractivity contribution in [3.63, 3.8) is 0 Å². The van der Waals surface area contributed by atoms with E-state index in [1.54, 1.807) is 0 Å². The van der Waals surface area contributed by atoms with Crippen LogP contribution < -0.4 is 0 Å². The SMILES string of the molecule is Cc1nnc(S[C@@H](C)C(=O)c2c[nH]c3ccccc23)n1C1CCCCC1. The van der Waals surface area contributed by atoms with Gasteiger partial charge >= 0.3 is 0 Å². The van der Waals surface area contributed by atoms with Gasteiger partial charge in [0.05, 0.1) is 5.25 Å². The molecule has 136 valence electrons. The zero-order valence-electron chi connectivity index (χ0n) is 15.2. The number of rotatable bonds is 5. The molecular formula is C20H24N4OS. The van der Waals surface area contributed by atoms with Crippen LogP contribution in [0, 0.1) is 6.92 Å². The number of hydrogen-bond donors (Lipinski definition) is 1. The number of para-hydroxylation sites is 1. The number of ketones is 1. The van der Waals surface area contributed by atoms with Crippen molar-refractivity contribution < 1.29 is 4.79 Å². The lowest BCUT2D eigenvalue weighted by atomic mass is 9.95. The number of fused-ring (bicyclic) bond motifs is 1. The van der Waals surface area contributed by atoms with Gasteiger partial charge in [-0.15, -0.1) is 10.2 Å². The summed E-state index contributed by atoms with van der Waals surface area (Å²) in [7, 11) is 0. The van der Waals surface area contributed by atoms with Crippen LogP contribution in [0.4, 0.5) is 0 Å². The number of carbonyl (C=O) groups is 1. The van der Waals surface area contributed by atoms with Crippen LogP contribution in [0.25, 0.3) is 10.9 Å². The molecule has 1 aromatic carbocycles. The van der Waals surface area contributed by atoms with Crippen LogP contribution in [-0.4, -0.2) is 30.8 Å². The molecule has 4 rings (SSSR count). The molecule has 26 heavy (non-hydrogen) atoms. The van der Waals surface area contributed by atoms with Crippen LogP contribution in [-0.2, 0) is 0 Å². The molecule has 2 heterocycles. The van der Waals surface area contributed by atoms with Gasteiger partial charge in [-0.05, 0) is 32.8 Å². The van der Waals surface area contributed by atoms with E-state index in [0.29, 0.717) is 6.04 Å². The summed E-state index contributed by atoms with van der Waals surface area (Å²) >= 11 is 1.53. The van der Waals surface area contributed by atoms with Crippen LogP contribution in [0.1, 0.15) is 61.3 Å². The number of thioether (sulfide) groups is 1. The molecule has 1 aliphatic carbocycles. The molecule has 5 nitrogen and oxygen atoms in total. The van der Waals surface area contributed by atoms with E-state index in [2.05, 4.69) is 19.7 Å². The van der Waals surface area contributed by atoms with Crippen molar-refractivity contribution >= 4 is 28.4 Å². The molecule has 0 saturated heterocycles. The van der Waals surface area contributed by atoms with Gasteiger partial charge in [0, 0.05) is 28.7 Å². The number of carbonyl (C=O) groups excluding carboxylic acids is 1. The first-order valence-corrected chi connectivity index (χ1v) is 10.2. The smallest absolute Gasteiger partial charge is 0.192 e. The van der Waals surface area contributed by atoms with Gasteiger partial charge in [-0.25, -0.2) is 0 Å². The number of nitrogens with zero attached hydrogens (tertiary/aromatic N) is 3. The Morgan fingerprint density at radius 2 is 2.00 bits per heavy atom. The Morgan fingerprint density at radius 3 is 2.81 bits per heavy atom. The van der Waals surface area contributed by atoms with Gasteiger partial charge in [0.25, 0.3) is 0 Å². The highest BCUT2D eigenvalue weighted by atomic mass is 32.2. The van der Waals surface area contributed by atoms with Crippen LogP contribution in [0.15, 0.2) is 35.6 Å². The van der Waals surface area contributed by atoms with Crippen molar-refractivity contribution in [1.29, 1.82) is 0 Å². The monoisotopic (exact) mass is 368 g/mol. The van der Waals surface area contributed by atoms with Gasteiger partial charge in [0.2, 0.25) is 0 Å². The molecule has 6 heteroatoms. The first-order chi connectivity index (χ1) is 12.6. The summed E-state index contributed by atoms with van der Waals surface area (Å²) in [6, 6.07) is 8.39. The highest BCUT2D eigenvalue weighted by Crippen LogP contribution is 2.34. The molecule has 0 spiro atoms. The standard InChI is InChI=1S/C20H24N4OS/c1-13(19(25)17-12-21-18-11-7-6-10-16(17)18)26-20-23-22-14(2)24(20)15-8-4-3-5-9-15/h6-7,10-13,15,21H,3-5,8-9H2,1-2H3/t13-/m0/s1. The minimum Gasteiger partial charge on any atom is -0.360 e. The lowest BCUT2D eigenvalue weighted by molar-refractivity contribution is 0.0995. The first-order valence-electron chi connectivity index (χ1n) is 9.33. The minimum atomic E-state index is -0.208. The van der Waals surface area contributed by atoms with Gasteiger partial charge < -0.3 is 9.55 Å². The quantitative estimate of drug-likeness (QED) is 0.512. The predicted octanol–water partition coefficient (Wildman–Crippen LogP) is 4.94. The van der Waals surface area contributed by atoms with Crippen molar-refractivity contribution in [1.82, 2.24) is 19.7 Å². The normalized spacial score (nSPS) is 16.8. The molecule has 2 aromatic heterocycles. The zero-order chi connectivity index (χ0) is 18.1. The van der Waals surface area contributed by atoms with Crippen molar-refractivity contribution in [3.05, 3.63) is 41.9 Å². The number of nitrogens with one attached hydrogen (secondary N) is 1. The second-order valence-electron chi connectivity index (χ2n) is 7.06. The second-order valence-corrected chi connectivity index (χ2v) is 8.37. The molecular weight excluding hydrogens is 344 g/mol. The Bertz CT molecular complexity index is 923. The highest BCUT2D eigenvalue weighted by molar-refractivity contribution is 8.00. The number of aromatic amines is 1. The third-order valence-corrected chi connectivity index (χ3v) is 6.34. The summed E-state index contributed by atoms with van der Waals surface area (Å²) in [5.41, 5.74) is 1.75. The van der Waals surface area contributed by atoms with Gasteiger partial charge in [0.1, 0.15) is 5.82 Å². The minimum absolute atomic E-state index is 0.128. The van der Waals surface area contributed by atoms with Crippen LogP contribution in [0.3, 0.4) is 0 Å². The van der Waals surface area contributed by atoms with Crippen molar-refractivity contribution in [3.8, 4) is 0 Å². The molecule has 3 aromatic rings. The van der Waals surface area contributed by atoms with E-state index < -0.39 is 0 Å². The summed E-state index contributed by atoms with van der Waals surface area (Å²) in [5, 5.41) is 10.3. The fraction of sp³-hybridized carbons (Fsp3) is 0.450. The van der Waals surface area contributed by atoms with Gasteiger partial charge in [-0.3, -0.25) is 4.79 Å². The fourth-order valence-corrected chi connectivity index (χ4v) is 4.93. The molecule has 1 atom stereocenters. The lowest BCUT2D eigenvalue weighted by Crippen LogP contribution is -2.18. The Morgan fingerprint density at radius 1 is 1.23 bits per heavy atom. The van der Waals surface area contributed by atoms with E-state index in [1.165, 1.54) is 43.9 Å². The Hall–Kier alpha value is -2.08. The molecule has 0 aliphatic heterocycles. The average Bonchev–Trinajstić information content (AvgIpc) is 3.25. The maximum atomic E-state index is 13.0. The first kappa shape index (κ1) is 17.3. The van der Waals surface area contributed by atoms with Crippen LogP contribution in [0.5, 0.6) is 0 Å². The Labute approximate surface area is 157 Å². The number of Topliss-reactive ketones (excluding diaryl/α,β-unsaturated/α-hetero) is 1. The summed E-state index contributed by atoms with van der Waals surface area (Å²) < 4.78 is 2.25. The van der Waals surface area contributed by atoms with E-state index in [4.69, 9.17) is 0 Å². The molecule has 0 radical (unpaired) electrons. The highest BCUT2D eigenvalue weighted by Gasteiger charge is 2.26. The molecule has 1 saturated carbocycles. The zero-order valence-corrected chi connectivity index (χ0v) is 16.1.